The summed E-state index contributed by atoms with van der Waals surface area (Å²) in [6, 6.07) is 6.60. The maximum atomic E-state index is 6.03. The number of benzene rings is 1. The van der Waals surface area contributed by atoms with Crippen molar-refractivity contribution in [3.8, 4) is 5.75 Å². The van der Waals surface area contributed by atoms with Gasteiger partial charge in [-0.2, -0.15) is 0 Å². The summed E-state index contributed by atoms with van der Waals surface area (Å²) < 4.78 is 5.86. The van der Waals surface area contributed by atoms with Crippen molar-refractivity contribution in [2.45, 2.75) is 51.4 Å². The van der Waals surface area contributed by atoms with Gasteiger partial charge in [-0.3, -0.25) is 0 Å². The van der Waals surface area contributed by atoms with E-state index in [1.807, 2.05) is 0 Å². The summed E-state index contributed by atoms with van der Waals surface area (Å²) in [5.41, 5.74) is 8.88. The highest BCUT2D eigenvalue weighted by Crippen LogP contribution is 2.39. The van der Waals surface area contributed by atoms with Crippen LogP contribution in [-0.4, -0.2) is 13.2 Å². The first-order valence-corrected chi connectivity index (χ1v) is 6.85. The van der Waals surface area contributed by atoms with Crippen LogP contribution in [0.4, 0.5) is 0 Å². The van der Waals surface area contributed by atoms with E-state index in [9.17, 15) is 0 Å². The third-order valence-corrected chi connectivity index (χ3v) is 4.08. The molecule has 1 aromatic rings. The molecule has 1 aliphatic rings. The van der Waals surface area contributed by atoms with Crippen LogP contribution in [-0.2, 0) is 10.8 Å². The standard InChI is InChI=1S/C16H25NO/c1-15(2,3)12-6-7-14-13(10-12)16(4,11-17)8-5-9-18-14/h6-7,10H,5,8-9,11,17H2,1-4H3. The van der Waals surface area contributed by atoms with Gasteiger partial charge in [-0.15, -0.1) is 0 Å². The third kappa shape index (κ3) is 2.39. The summed E-state index contributed by atoms with van der Waals surface area (Å²) in [7, 11) is 0. The van der Waals surface area contributed by atoms with E-state index in [4.69, 9.17) is 10.5 Å². The summed E-state index contributed by atoms with van der Waals surface area (Å²) in [6.07, 6.45) is 2.18. The molecule has 2 nitrogen and oxygen atoms in total. The number of ether oxygens (including phenoxy) is 1. The lowest BCUT2D eigenvalue weighted by Crippen LogP contribution is -2.31. The summed E-state index contributed by atoms with van der Waals surface area (Å²) in [4.78, 5) is 0. The molecule has 1 heterocycles. The molecule has 0 aliphatic carbocycles. The number of hydrogen-bond donors (Lipinski definition) is 1. The maximum Gasteiger partial charge on any atom is 0.123 e. The Morgan fingerprint density at radius 3 is 2.67 bits per heavy atom. The molecule has 1 unspecified atom stereocenters. The molecule has 1 aromatic carbocycles. The number of nitrogens with two attached hydrogens (primary N) is 1. The molecule has 1 atom stereocenters. The van der Waals surface area contributed by atoms with Gasteiger partial charge in [0, 0.05) is 17.5 Å². The van der Waals surface area contributed by atoms with E-state index >= 15 is 0 Å². The van der Waals surface area contributed by atoms with Crippen LogP contribution in [0.25, 0.3) is 0 Å². The van der Waals surface area contributed by atoms with Gasteiger partial charge in [0.25, 0.3) is 0 Å². The van der Waals surface area contributed by atoms with Crippen molar-refractivity contribution >= 4 is 0 Å². The van der Waals surface area contributed by atoms with Gasteiger partial charge in [0.2, 0.25) is 0 Å². The van der Waals surface area contributed by atoms with Gasteiger partial charge in [-0.1, -0.05) is 39.8 Å². The Morgan fingerprint density at radius 1 is 1.33 bits per heavy atom. The largest absolute Gasteiger partial charge is 0.493 e. The average molecular weight is 247 g/mol. The van der Waals surface area contributed by atoms with E-state index in [0.717, 1.165) is 25.2 Å². The number of rotatable bonds is 1. The van der Waals surface area contributed by atoms with Crippen molar-refractivity contribution in [3.63, 3.8) is 0 Å². The van der Waals surface area contributed by atoms with E-state index in [1.54, 1.807) is 0 Å². The molecule has 0 saturated carbocycles. The van der Waals surface area contributed by atoms with Crippen molar-refractivity contribution in [2.24, 2.45) is 5.73 Å². The zero-order valence-corrected chi connectivity index (χ0v) is 12.0. The Hall–Kier alpha value is -1.02. The Kier molecular flexibility index (Phi) is 3.41. The second kappa shape index (κ2) is 4.58. The summed E-state index contributed by atoms with van der Waals surface area (Å²) in [5, 5.41) is 0. The van der Waals surface area contributed by atoms with Crippen LogP contribution in [0.3, 0.4) is 0 Å². The van der Waals surface area contributed by atoms with Gasteiger partial charge in [-0.05, 0) is 29.9 Å². The highest BCUT2D eigenvalue weighted by atomic mass is 16.5. The fraction of sp³-hybridized carbons (Fsp3) is 0.625. The topological polar surface area (TPSA) is 35.2 Å². The number of fused-ring (bicyclic) bond motifs is 1. The predicted molar refractivity (Wildman–Crippen MR) is 76.3 cm³/mol. The molecule has 0 radical (unpaired) electrons. The quantitative estimate of drug-likeness (QED) is 0.825. The van der Waals surface area contributed by atoms with Crippen LogP contribution >= 0.6 is 0 Å². The van der Waals surface area contributed by atoms with E-state index in [0.29, 0.717) is 6.54 Å². The lowest BCUT2D eigenvalue weighted by molar-refractivity contribution is 0.313. The number of hydrogen-bond acceptors (Lipinski definition) is 2. The molecule has 0 aromatic heterocycles. The highest BCUT2D eigenvalue weighted by Gasteiger charge is 2.31. The van der Waals surface area contributed by atoms with Crippen molar-refractivity contribution in [1.29, 1.82) is 0 Å². The summed E-state index contributed by atoms with van der Waals surface area (Å²) in [6.45, 7) is 10.5. The second-order valence-corrected chi connectivity index (χ2v) is 6.68. The molecule has 0 saturated heterocycles. The Morgan fingerprint density at radius 2 is 2.06 bits per heavy atom. The Labute approximate surface area is 111 Å². The molecule has 0 spiro atoms. The molecule has 0 fully saturated rings. The van der Waals surface area contributed by atoms with Gasteiger partial charge in [-0.25, -0.2) is 0 Å². The Balaban J connectivity index is 2.54. The minimum Gasteiger partial charge on any atom is -0.493 e. The molecule has 0 bridgehead atoms. The van der Waals surface area contributed by atoms with Crippen LogP contribution in [0, 0.1) is 0 Å². The van der Waals surface area contributed by atoms with Crippen LogP contribution < -0.4 is 10.5 Å². The maximum absolute atomic E-state index is 6.03. The minimum absolute atomic E-state index is 0.0487. The molecular weight excluding hydrogens is 222 g/mol. The molecule has 1 aliphatic heterocycles. The zero-order valence-electron chi connectivity index (χ0n) is 12.0. The van der Waals surface area contributed by atoms with Crippen LogP contribution in [0.15, 0.2) is 18.2 Å². The first kappa shape index (κ1) is 13.4. The average Bonchev–Trinajstić information content (AvgIpc) is 2.48. The minimum atomic E-state index is 0.0487. The third-order valence-electron chi connectivity index (χ3n) is 4.08. The first-order valence-electron chi connectivity index (χ1n) is 6.85. The Bertz CT molecular complexity index is 433. The van der Waals surface area contributed by atoms with Crippen molar-refractivity contribution in [2.75, 3.05) is 13.2 Å². The lowest BCUT2D eigenvalue weighted by Gasteiger charge is -2.30. The molecule has 2 N–H and O–H groups in total. The molecule has 0 amide bonds. The van der Waals surface area contributed by atoms with Gasteiger partial charge in [0.1, 0.15) is 5.75 Å². The molecule has 2 rings (SSSR count). The SMILES string of the molecule is CC(C)(C)c1ccc2c(c1)C(C)(CN)CCCO2. The van der Waals surface area contributed by atoms with Gasteiger partial charge in [0.05, 0.1) is 6.61 Å². The summed E-state index contributed by atoms with van der Waals surface area (Å²) >= 11 is 0. The van der Waals surface area contributed by atoms with E-state index in [-0.39, 0.29) is 10.8 Å². The molecule has 18 heavy (non-hydrogen) atoms. The van der Waals surface area contributed by atoms with Crippen molar-refractivity contribution in [3.05, 3.63) is 29.3 Å². The van der Waals surface area contributed by atoms with Crippen LogP contribution in [0.2, 0.25) is 0 Å². The molecule has 100 valence electrons. The summed E-state index contributed by atoms with van der Waals surface area (Å²) in [5.74, 6) is 1.02. The zero-order chi connectivity index (χ0) is 13.4. The predicted octanol–water partition coefficient (Wildman–Crippen LogP) is 3.37. The van der Waals surface area contributed by atoms with Gasteiger partial charge >= 0.3 is 0 Å². The van der Waals surface area contributed by atoms with E-state index < -0.39 is 0 Å². The highest BCUT2D eigenvalue weighted by molar-refractivity contribution is 5.45. The van der Waals surface area contributed by atoms with E-state index in [1.165, 1.54) is 11.1 Å². The smallest absolute Gasteiger partial charge is 0.123 e. The second-order valence-electron chi connectivity index (χ2n) is 6.68. The van der Waals surface area contributed by atoms with E-state index in [2.05, 4.69) is 45.9 Å². The van der Waals surface area contributed by atoms with Crippen molar-refractivity contribution in [1.82, 2.24) is 0 Å². The van der Waals surface area contributed by atoms with Crippen molar-refractivity contribution < 1.29 is 4.74 Å². The molecular formula is C16H25NO. The molecule has 2 heteroatoms. The van der Waals surface area contributed by atoms with Gasteiger partial charge < -0.3 is 10.5 Å². The fourth-order valence-electron chi connectivity index (χ4n) is 2.59. The lowest BCUT2D eigenvalue weighted by atomic mass is 9.76. The fourth-order valence-corrected chi connectivity index (χ4v) is 2.59. The van der Waals surface area contributed by atoms with Crippen LogP contribution in [0.5, 0.6) is 5.75 Å². The monoisotopic (exact) mass is 247 g/mol. The first-order chi connectivity index (χ1) is 8.37. The van der Waals surface area contributed by atoms with Gasteiger partial charge in [0.15, 0.2) is 0 Å². The normalized spacial score (nSPS) is 24.1. The van der Waals surface area contributed by atoms with Crippen LogP contribution in [0.1, 0.15) is 51.7 Å².